The summed E-state index contributed by atoms with van der Waals surface area (Å²) in [6, 6.07) is 11.6. The number of amides is 2. The van der Waals surface area contributed by atoms with Crippen LogP contribution >= 0.6 is 11.3 Å². The Labute approximate surface area is 196 Å². The van der Waals surface area contributed by atoms with Crippen molar-refractivity contribution in [1.82, 2.24) is 15.3 Å². The summed E-state index contributed by atoms with van der Waals surface area (Å²) in [7, 11) is 0. The molecule has 1 aliphatic heterocycles. The number of nitrogens with zero attached hydrogens (tertiary/aromatic N) is 3. The van der Waals surface area contributed by atoms with E-state index in [1.807, 2.05) is 48.7 Å². The molecule has 3 aromatic rings. The fourth-order valence-electron chi connectivity index (χ4n) is 4.40. The third-order valence-electron chi connectivity index (χ3n) is 6.14. The Morgan fingerprint density at radius 2 is 2.06 bits per heavy atom. The zero-order valence-electron chi connectivity index (χ0n) is 18.5. The van der Waals surface area contributed by atoms with Crippen LogP contribution in [0.25, 0.3) is 22.0 Å². The summed E-state index contributed by atoms with van der Waals surface area (Å²) >= 11 is 1.52. The number of fused-ring (bicyclic) bond motifs is 1. The zero-order valence-corrected chi connectivity index (χ0v) is 19.3. The number of pyridine rings is 1. The summed E-state index contributed by atoms with van der Waals surface area (Å²) in [5, 5.41) is 5.89. The monoisotopic (exact) mass is 462 g/mol. The van der Waals surface area contributed by atoms with Crippen LogP contribution in [0.15, 0.2) is 48.0 Å². The van der Waals surface area contributed by atoms with E-state index in [1.54, 1.807) is 11.1 Å². The second kappa shape index (κ2) is 9.31. The Bertz CT molecular complexity index is 1160. The first-order valence-corrected chi connectivity index (χ1v) is 12.3. The maximum Gasteiger partial charge on any atom is 0.268 e. The first-order chi connectivity index (χ1) is 16.1. The highest BCUT2D eigenvalue weighted by Crippen LogP contribution is 2.39. The van der Waals surface area contributed by atoms with Crippen molar-refractivity contribution in [2.24, 2.45) is 0 Å². The number of aromatic nitrogens is 2. The standard InChI is InChI=1S/C25H26N4O3S/c1-2-21-25(31)29(14-23(30)27-17-7-3-4-8-17)20-13-16(10-11-22(20)32-21)19-15-33-24(28-19)18-9-5-6-12-26-18/h5-6,9-13,15,17,21H,2-4,7-8,14H2,1H3,(H,27,30). The van der Waals surface area contributed by atoms with Gasteiger partial charge in [-0.05, 0) is 49.6 Å². The molecule has 1 atom stereocenters. The molecule has 2 aromatic heterocycles. The Balaban J connectivity index is 1.43. The molecular formula is C25H26N4O3S. The molecule has 1 fully saturated rings. The lowest BCUT2D eigenvalue weighted by Gasteiger charge is -2.34. The number of benzene rings is 1. The van der Waals surface area contributed by atoms with Crippen molar-refractivity contribution >= 4 is 28.8 Å². The van der Waals surface area contributed by atoms with Crippen molar-refractivity contribution in [1.29, 1.82) is 0 Å². The summed E-state index contributed by atoms with van der Waals surface area (Å²) in [6.45, 7) is 1.90. The van der Waals surface area contributed by atoms with Crippen molar-refractivity contribution in [2.45, 2.75) is 51.2 Å². The van der Waals surface area contributed by atoms with Gasteiger partial charge in [0, 0.05) is 23.2 Å². The lowest BCUT2D eigenvalue weighted by Crippen LogP contribution is -2.50. The van der Waals surface area contributed by atoms with Crippen LogP contribution in [-0.2, 0) is 9.59 Å². The predicted octanol–water partition coefficient (Wildman–Crippen LogP) is 4.43. The van der Waals surface area contributed by atoms with Gasteiger partial charge in [0.25, 0.3) is 5.91 Å². The molecule has 5 rings (SSSR count). The highest BCUT2D eigenvalue weighted by molar-refractivity contribution is 7.13. The summed E-state index contributed by atoms with van der Waals surface area (Å²) in [6.07, 6.45) is 5.99. The van der Waals surface area contributed by atoms with Gasteiger partial charge in [-0.2, -0.15) is 0 Å². The molecule has 1 aromatic carbocycles. The van der Waals surface area contributed by atoms with Crippen LogP contribution in [0.4, 0.5) is 5.69 Å². The number of thiazole rings is 1. The lowest BCUT2D eigenvalue weighted by molar-refractivity contribution is -0.129. The quantitative estimate of drug-likeness (QED) is 0.586. The summed E-state index contributed by atoms with van der Waals surface area (Å²) in [4.78, 5) is 36.6. The topological polar surface area (TPSA) is 84.4 Å². The van der Waals surface area contributed by atoms with Crippen LogP contribution in [0, 0.1) is 0 Å². The number of carbonyl (C=O) groups excluding carboxylic acids is 2. The molecule has 1 aliphatic carbocycles. The van der Waals surface area contributed by atoms with Gasteiger partial charge in [-0.15, -0.1) is 11.3 Å². The fraction of sp³-hybridized carbons (Fsp3) is 0.360. The second-order valence-corrected chi connectivity index (χ2v) is 9.28. The smallest absolute Gasteiger partial charge is 0.268 e. The largest absolute Gasteiger partial charge is 0.478 e. The molecule has 8 heteroatoms. The third-order valence-corrected chi connectivity index (χ3v) is 7.00. The minimum atomic E-state index is -0.585. The number of nitrogens with one attached hydrogen (secondary N) is 1. The van der Waals surface area contributed by atoms with Crippen molar-refractivity contribution in [3.05, 3.63) is 48.0 Å². The summed E-state index contributed by atoms with van der Waals surface area (Å²) in [5.41, 5.74) is 3.08. The van der Waals surface area contributed by atoms with E-state index in [0.717, 1.165) is 47.6 Å². The minimum absolute atomic E-state index is 0.0120. The highest BCUT2D eigenvalue weighted by atomic mass is 32.1. The molecule has 2 amide bonds. The first-order valence-electron chi connectivity index (χ1n) is 11.4. The molecule has 170 valence electrons. The molecule has 33 heavy (non-hydrogen) atoms. The molecule has 7 nitrogen and oxygen atoms in total. The van der Waals surface area contributed by atoms with E-state index in [-0.39, 0.29) is 24.4 Å². The zero-order chi connectivity index (χ0) is 22.8. The van der Waals surface area contributed by atoms with Crippen LogP contribution in [0.5, 0.6) is 5.75 Å². The molecule has 0 bridgehead atoms. The van der Waals surface area contributed by atoms with Gasteiger partial charge < -0.3 is 10.1 Å². The molecular weight excluding hydrogens is 436 g/mol. The second-order valence-electron chi connectivity index (χ2n) is 8.42. The van der Waals surface area contributed by atoms with E-state index in [0.29, 0.717) is 17.9 Å². The van der Waals surface area contributed by atoms with Crippen molar-refractivity contribution < 1.29 is 14.3 Å². The summed E-state index contributed by atoms with van der Waals surface area (Å²) in [5.74, 6) is 0.296. The third kappa shape index (κ3) is 4.48. The number of hydrogen-bond acceptors (Lipinski definition) is 6. The van der Waals surface area contributed by atoms with Gasteiger partial charge in [-0.25, -0.2) is 4.98 Å². The van der Waals surface area contributed by atoms with Gasteiger partial charge in [0.05, 0.1) is 17.1 Å². The molecule has 0 radical (unpaired) electrons. The first kappa shape index (κ1) is 21.6. The predicted molar refractivity (Wildman–Crippen MR) is 128 cm³/mol. The van der Waals surface area contributed by atoms with Crippen LogP contribution in [0.3, 0.4) is 0 Å². The number of hydrogen-bond donors (Lipinski definition) is 1. The van der Waals surface area contributed by atoms with E-state index >= 15 is 0 Å². The minimum Gasteiger partial charge on any atom is -0.478 e. The molecule has 1 N–H and O–H groups in total. The molecule has 0 spiro atoms. The Morgan fingerprint density at radius 3 is 2.82 bits per heavy atom. The Hall–Kier alpha value is -3.26. The van der Waals surface area contributed by atoms with Crippen LogP contribution in [-0.4, -0.2) is 40.5 Å². The summed E-state index contributed by atoms with van der Waals surface area (Å²) < 4.78 is 5.95. The van der Waals surface area contributed by atoms with Gasteiger partial charge in [0.1, 0.15) is 17.3 Å². The number of anilines is 1. The van der Waals surface area contributed by atoms with E-state index in [4.69, 9.17) is 9.72 Å². The van der Waals surface area contributed by atoms with E-state index in [9.17, 15) is 9.59 Å². The SMILES string of the molecule is CCC1Oc2ccc(-c3csc(-c4ccccn4)n3)cc2N(CC(=O)NC2CCCC2)C1=O. The average molecular weight is 463 g/mol. The van der Waals surface area contributed by atoms with Crippen LogP contribution in [0.2, 0.25) is 0 Å². The highest BCUT2D eigenvalue weighted by Gasteiger charge is 2.35. The van der Waals surface area contributed by atoms with E-state index in [1.165, 1.54) is 11.3 Å². The van der Waals surface area contributed by atoms with Crippen LogP contribution < -0.4 is 15.0 Å². The lowest BCUT2D eigenvalue weighted by atomic mass is 10.1. The van der Waals surface area contributed by atoms with Gasteiger partial charge in [0.15, 0.2) is 6.10 Å². The van der Waals surface area contributed by atoms with Gasteiger partial charge >= 0.3 is 0 Å². The normalized spacial score (nSPS) is 18.2. The average Bonchev–Trinajstić information content (AvgIpc) is 3.53. The van der Waals surface area contributed by atoms with Gasteiger partial charge in [-0.3, -0.25) is 19.5 Å². The van der Waals surface area contributed by atoms with Crippen molar-refractivity contribution in [3.63, 3.8) is 0 Å². The maximum atomic E-state index is 13.1. The molecule has 3 heterocycles. The number of ether oxygens (including phenoxy) is 1. The molecule has 1 saturated carbocycles. The Morgan fingerprint density at radius 1 is 1.21 bits per heavy atom. The number of rotatable bonds is 6. The fourth-order valence-corrected chi connectivity index (χ4v) is 5.21. The number of carbonyl (C=O) groups is 2. The van der Waals surface area contributed by atoms with Gasteiger partial charge in [-0.1, -0.05) is 25.8 Å². The molecule has 1 unspecified atom stereocenters. The van der Waals surface area contributed by atoms with E-state index in [2.05, 4.69) is 10.3 Å². The molecule has 2 aliphatic rings. The van der Waals surface area contributed by atoms with Crippen LogP contribution in [0.1, 0.15) is 39.0 Å². The maximum absolute atomic E-state index is 13.1. The van der Waals surface area contributed by atoms with Crippen molar-refractivity contribution in [2.75, 3.05) is 11.4 Å². The van der Waals surface area contributed by atoms with Gasteiger partial charge in [0.2, 0.25) is 5.91 Å². The van der Waals surface area contributed by atoms with Crippen molar-refractivity contribution in [3.8, 4) is 27.7 Å². The van der Waals surface area contributed by atoms with E-state index < -0.39 is 6.10 Å². The molecule has 0 saturated heterocycles. The Kier molecular flexibility index (Phi) is 6.09.